The number of sulfonamides is 1. The third-order valence-electron chi connectivity index (χ3n) is 5.54. The van der Waals surface area contributed by atoms with Crippen molar-refractivity contribution in [1.29, 1.82) is 0 Å². The molecule has 0 radical (unpaired) electrons. The molecule has 174 valence electrons. The summed E-state index contributed by atoms with van der Waals surface area (Å²) in [6.45, 7) is 11.8. The van der Waals surface area contributed by atoms with Crippen LogP contribution in [0.25, 0.3) is 0 Å². The number of hydrogen-bond donors (Lipinski definition) is 2. The number of amides is 2. The van der Waals surface area contributed by atoms with Crippen molar-refractivity contribution in [3.8, 4) is 0 Å². The van der Waals surface area contributed by atoms with Crippen molar-refractivity contribution in [1.82, 2.24) is 9.62 Å². The molecule has 0 fully saturated rings. The van der Waals surface area contributed by atoms with Crippen LogP contribution in [-0.2, 0) is 14.8 Å². The summed E-state index contributed by atoms with van der Waals surface area (Å²) in [5.41, 5.74) is 2.90. The van der Waals surface area contributed by atoms with Gasteiger partial charge in [-0.1, -0.05) is 45.9 Å². The minimum Gasteiger partial charge on any atom is -0.340 e. The molecule has 8 heteroatoms. The van der Waals surface area contributed by atoms with E-state index >= 15 is 0 Å². The second-order valence-electron chi connectivity index (χ2n) is 8.05. The van der Waals surface area contributed by atoms with Gasteiger partial charge in [0.2, 0.25) is 15.9 Å². The van der Waals surface area contributed by atoms with Crippen LogP contribution >= 0.6 is 0 Å². The van der Waals surface area contributed by atoms with E-state index in [2.05, 4.69) is 10.6 Å². The molecular weight excluding hydrogens is 426 g/mol. The summed E-state index contributed by atoms with van der Waals surface area (Å²) < 4.78 is 26.9. The van der Waals surface area contributed by atoms with Crippen molar-refractivity contribution in [3.05, 3.63) is 59.2 Å². The highest BCUT2D eigenvalue weighted by molar-refractivity contribution is 7.89. The average Bonchev–Trinajstić information content (AvgIpc) is 2.75. The molecule has 1 atom stereocenters. The lowest BCUT2D eigenvalue weighted by molar-refractivity contribution is -0.118. The normalized spacial score (nSPS) is 12.6. The highest BCUT2D eigenvalue weighted by atomic mass is 32.2. The Kier molecular flexibility index (Phi) is 8.58. The number of nitrogens with one attached hydrogen (secondary N) is 2. The fraction of sp³-hybridized carbons (Fsp3) is 0.417. The predicted molar refractivity (Wildman–Crippen MR) is 127 cm³/mol. The lowest BCUT2D eigenvalue weighted by Crippen LogP contribution is -2.47. The van der Waals surface area contributed by atoms with E-state index in [1.54, 1.807) is 13.8 Å². The van der Waals surface area contributed by atoms with Crippen molar-refractivity contribution >= 4 is 27.5 Å². The van der Waals surface area contributed by atoms with Gasteiger partial charge in [0.05, 0.1) is 4.90 Å². The quantitative estimate of drug-likeness (QED) is 0.597. The molecule has 0 aliphatic heterocycles. The topological polar surface area (TPSA) is 95.6 Å². The molecule has 0 aliphatic carbocycles. The minimum absolute atomic E-state index is 0.0507. The lowest BCUT2D eigenvalue weighted by atomic mass is 10.0. The SMILES string of the molecule is CCN(CC)S(=O)(=O)c1cccc(C(=O)NC(C(=O)Nc2cccc(C)c2C)C(C)C)c1. The molecule has 0 aliphatic rings. The molecule has 2 N–H and O–H groups in total. The largest absolute Gasteiger partial charge is 0.340 e. The maximum absolute atomic E-state index is 12.9. The first-order valence-corrected chi connectivity index (χ1v) is 12.2. The summed E-state index contributed by atoms with van der Waals surface area (Å²) >= 11 is 0. The first kappa shape index (κ1) is 25.5. The Labute approximate surface area is 191 Å². The van der Waals surface area contributed by atoms with E-state index in [0.717, 1.165) is 11.1 Å². The van der Waals surface area contributed by atoms with Crippen molar-refractivity contribution in [2.75, 3.05) is 18.4 Å². The van der Waals surface area contributed by atoms with Crippen molar-refractivity contribution < 1.29 is 18.0 Å². The van der Waals surface area contributed by atoms with Gasteiger partial charge in [0, 0.05) is 24.3 Å². The van der Waals surface area contributed by atoms with Gasteiger partial charge in [0.1, 0.15) is 6.04 Å². The number of hydrogen-bond acceptors (Lipinski definition) is 4. The summed E-state index contributed by atoms with van der Waals surface area (Å²) in [7, 11) is -3.69. The van der Waals surface area contributed by atoms with Gasteiger partial charge in [0.15, 0.2) is 0 Å². The molecule has 7 nitrogen and oxygen atoms in total. The van der Waals surface area contributed by atoms with Crippen LogP contribution < -0.4 is 10.6 Å². The van der Waals surface area contributed by atoms with Crippen LogP contribution in [0.5, 0.6) is 0 Å². The maximum atomic E-state index is 12.9. The zero-order valence-corrected chi connectivity index (χ0v) is 20.4. The summed E-state index contributed by atoms with van der Waals surface area (Å²) in [5.74, 6) is -1.00. The van der Waals surface area contributed by atoms with Gasteiger partial charge < -0.3 is 10.6 Å². The highest BCUT2D eigenvalue weighted by Crippen LogP contribution is 2.20. The third-order valence-corrected chi connectivity index (χ3v) is 7.58. The van der Waals surface area contributed by atoms with Crippen LogP contribution in [0.4, 0.5) is 5.69 Å². The number of aryl methyl sites for hydroxylation is 1. The monoisotopic (exact) mass is 459 g/mol. The van der Waals surface area contributed by atoms with E-state index in [1.165, 1.54) is 28.6 Å². The Bertz CT molecular complexity index is 1080. The summed E-state index contributed by atoms with van der Waals surface area (Å²) in [5, 5.41) is 5.66. The summed E-state index contributed by atoms with van der Waals surface area (Å²) in [4.78, 5) is 25.9. The minimum atomic E-state index is -3.69. The van der Waals surface area contributed by atoms with E-state index in [0.29, 0.717) is 18.8 Å². The number of carbonyl (C=O) groups is 2. The molecule has 0 heterocycles. The van der Waals surface area contributed by atoms with Crippen molar-refractivity contribution in [3.63, 3.8) is 0 Å². The summed E-state index contributed by atoms with van der Waals surface area (Å²) in [6, 6.07) is 10.8. The van der Waals surface area contributed by atoms with Crippen LogP contribution in [0, 0.1) is 19.8 Å². The molecule has 32 heavy (non-hydrogen) atoms. The van der Waals surface area contributed by atoms with E-state index in [9.17, 15) is 18.0 Å². The fourth-order valence-electron chi connectivity index (χ4n) is 3.37. The van der Waals surface area contributed by atoms with E-state index in [-0.39, 0.29) is 22.3 Å². The van der Waals surface area contributed by atoms with Gasteiger partial charge >= 0.3 is 0 Å². The molecule has 2 aromatic rings. The third kappa shape index (κ3) is 5.75. The van der Waals surface area contributed by atoms with Crippen molar-refractivity contribution in [2.45, 2.75) is 52.5 Å². The van der Waals surface area contributed by atoms with Crippen LogP contribution in [0.15, 0.2) is 47.4 Å². The number of benzene rings is 2. The standard InChI is InChI=1S/C24H33N3O4S/c1-7-27(8-2)32(30,31)20-13-10-12-19(15-20)23(28)26-22(16(3)4)24(29)25-21-14-9-11-17(5)18(21)6/h9-16,22H,7-8H2,1-6H3,(H,25,29)(H,26,28). The van der Waals surface area contributed by atoms with Crippen LogP contribution in [0.2, 0.25) is 0 Å². The van der Waals surface area contributed by atoms with Gasteiger partial charge in [-0.25, -0.2) is 8.42 Å². The zero-order valence-electron chi connectivity index (χ0n) is 19.6. The number of nitrogens with zero attached hydrogens (tertiary/aromatic N) is 1. The molecule has 1 unspecified atom stereocenters. The highest BCUT2D eigenvalue weighted by Gasteiger charge is 2.27. The Morgan fingerprint density at radius 3 is 2.22 bits per heavy atom. The second kappa shape index (κ2) is 10.7. The van der Waals surface area contributed by atoms with Gasteiger partial charge in [-0.05, 0) is 55.2 Å². The Hall–Kier alpha value is -2.71. The molecule has 2 rings (SSSR count). The summed E-state index contributed by atoms with van der Waals surface area (Å²) in [6.07, 6.45) is 0. The molecule has 0 saturated carbocycles. The first-order valence-electron chi connectivity index (χ1n) is 10.8. The zero-order chi connectivity index (χ0) is 24.1. The van der Waals surface area contributed by atoms with Gasteiger partial charge in [0.25, 0.3) is 5.91 Å². The molecule has 2 amide bonds. The van der Waals surface area contributed by atoms with Crippen LogP contribution in [-0.4, -0.2) is 43.7 Å². The number of rotatable bonds is 9. The van der Waals surface area contributed by atoms with Crippen LogP contribution in [0.1, 0.15) is 49.2 Å². The molecule has 2 aromatic carbocycles. The maximum Gasteiger partial charge on any atom is 0.251 e. The van der Waals surface area contributed by atoms with Crippen molar-refractivity contribution in [2.24, 2.45) is 5.92 Å². The van der Waals surface area contributed by atoms with E-state index in [4.69, 9.17) is 0 Å². The second-order valence-corrected chi connectivity index (χ2v) is 9.99. The lowest BCUT2D eigenvalue weighted by Gasteiger charge is -2.23. The number of carbonyl (C=O) groups excluding carboxylic acids is 2. The fourth-order valence-corrected chi connectivity index (χ4v) is 4.87. The predicted octanol–water partition coefficient (Wildman–Crippen LogP) is 3.73. The molecule has 0 spiro atoms. The van der Waals surface area contributed by atoms with Gasteiger partial charge in [-0.15, -0.1) is 0 Å². The average molecular weight is 460 g/mol. The molecule has 0 aromatic heterocycles. The molecule has 0 bridgehead atoms. The van der Waals surface area contributed by atoms with E-state index in [1.807, 2.05) is 45.9 Å². The Morgan fingerprint density at radius 2 is 1.62 bits per heavy atom. The van der Waals surface area contributed by atoms with Crippen LogP contribution in [0.3, 0.4) is 0 Å². The number of anilines is 1. The van der Waals surface area contributed by atoms with E-state index < -0.39 is 22.0 Å². The Morgan fingerprint density at radius 1 is 1.00 bits per heavy atom. The smallest absolute Gasteiger partial charge is 0.251 e. The van der Waals surface area contributed by atoms with Gasteiger partial charge in [-0.2, -0.15) is 4.31 Å². The Balaban J connectivity index is 2.25. The molecular formula is C24H33N3O4S. The first-order chi connectivity index (χ1) is 15.0. The van der Waals surface area contributed by atoms with Gasteiger partial charge in [-0.3, -0.25) is 9.59 Å². The molecule has 0 saturated heterocycles.